The van der Waals surface area contributed by atoms with Crippen LogP contribution in [0.25, 0.3) is 0 Å². The number of nitrogens with one attached hydrogen (secondary N) is 1. The Morgan fingerprint density at radius 2 is 2.25 bits per heavy atom. The van der Waals surface area contributed by atoms with Gasteiger partial charge in [0, 0.05) is 32.1 Å². The molecule has 3 nitrogen and oxygen atoms in total. The molecule has 1 aliphatic heterocycles. The number of likely N-dealkylation sites (tertiary alicyclic amines) is 1. The molecule has 1 N–H and O–H groups in total. The zero-order valence-corrected chi connectivity index (χ0v) is 11.0. The lowest BCUT2D eigenvalue weighted by atomic mass is 9.95. The van der Waals surface area contributed by atoms with E-state index in [-0.39, 0.29) is 0 Å². The number of piperidine rings is 1. The molecule has 3 heteroatoms. The molecule has 1 amide bonds. The summed E-state index contributed by atoms with van der Waals surface area (Å²) >= 11 is 0. The summed E-state index contributed by atoms with van der Waals surface area (Å²) in [7, 11) is 0. The lowest BCUT2D eigenvalue weighted by molar-refractivity contribution is -0.132. The highest BCUT2D eigenvalue weighted by atomic mass is 16.2. The van der Waals surface area contributed by atoms with Gasteiger partial charge in [-0.1, -0.05) is 27.2 Å². The number of hydrogen-bond acceptors (Lipinski definition) is 2. The third kappa shape index (κ3) is 4.52. The van der Waals surface area contributed by atoms with Gasteiger partial charge in [0.15, 0.2) is 0 Å². The Balaban J connectivity index is 2.24. The largest absolute Gasteiger partial charge is 0.342 e. The Morgan fingerprint density at radius 1 is 1.50 bits per heavy atom. The lowest BCUT2D eigenvalue weighted by Crippen LogP contribution is -2.41. The van der Waals surface area contributed by atoms with Gasteiger partial charge in [-0.2, -0.15) is 0 Å². The van der Waals surface area contributed by atoms with Crippen LogP contribution in [0.5, 0.6) is 0 Å². The Morgan fingerprint density at radius 3 is 2.88 bits per heavy atom. The third-order valence-electron chi connectivity index (χ3n) is 3.34. The summed E-state index contributed by atoms with van der Waals surface area (Å²) in [5, 5.41) is 3.29. The Labute approximate surface area is 99.6 Å². The molecule has 0 radical (unpaired) electrons. The number of rotatable bonds is 5. The van der Waals surface area contributed by atoms with Gasteiger partial charge in [0.05, 0.1) is 0 Å². The summed E-state index contributed by atoms with van der Waals surface area (Å²) in [5.74, 6) is 1.06. The van der Waals surface area contributed by atoms with Gasteiger partial charge < -0.3 is 10.2 Å². The Bertz CT molecular complexity index is 216. The molecule has 1 saturated heterocycles. The van der Waals surface area contributed by atoms with Crippen LogP contribution in [0.1, 0.15) is 46.5 Å². The minimum Gasteiger partial charge on any atom is -0.342 e. The van der Waals surface area contributed by atoms with Gasteiger partial charge in [-0.15, -0.1) is 0 Å². The standard InChI is InChI=1S/C13H26N2O/c1-4-12-6-5-9-15(10-12)13(16)7-8-14-11(2)3/h11-12,14H,4-10H2,1-3H3. The summed E-state index contributed by atoms with van der Waals surface area (Å²) < 4.78 is 0. The van der Waals surface area contributed by atoms with Crippen LogP contribution < -0.4 is 5.32 Å². The number of carbonyl (C=O) groups is 1. The maximum atomic E-state index is 11.9. The molecule has 94 valence electrons. The van der Waals surface area contributed by atoms with Crippen molar-refractivity contribution in [2.45, 2.75) is 52.5 Å². The molecule has 0 saturated carbocycles. The van der Waals surface area contributed by atoms with Gasteiger partial charge >= 0.3 is 0 Å². The van der Waals surface area contributed by atoms with Crippen molar-refractivity contribution in [1.29, 1.82) is 0 Å². The van der Waals surface area contributed by atoms with Crippen LogP contribution in [-0.4, -0.2) is 36.5 Å². The zero-order valence-electron chi connectivity index (χ0n) is 11.0. The van der Waals surface area contributed by atoms with E-state index in [9.17, 15) is 4.79 Å². The van der Waals surface area contributed by atoms with Gasteiger partial charge in [0.2, 0.25) is 5.91 Å². The van der Waals surface area contributed by atoms with Crippen molar-refractivity contribution >= 4 is 5.91 Å². The second-order valence-corrected chi connectivity index (χ2v) is 5.12. The van der Waals surface area contributed by atoms with Crippen LogP contribution in [0.3, 0.4) is 0 Å². The SMILES string of the molecule is CCC1CCCN(C(=O)CCNC(C)C)C1. The molecule has 1 atom stereocenters. The molecular formula is C13H26N2O. The van der Waals surface area contributed by atoms with Crippen LogP contribution in [0, 0.1) is 5.92 Å². The molecule has 16 heavy (non-hydrogen) atoms. The fraction of sp³-hybridized carbons (Fsp3) is 0.923. The first-order valence-corrected chi connectivity index (χ1v) is 6.64. The lowest BCUT2D eigenvalue weighted by Gasteiger charge is -2.32. The number of carbonyl (C=O) groups excluding carboxylic acids is 1. The van der Waals surface area contributed by atoms with Crippen LogP contribution in [0.15, 0.2) is 0 Å². The molecule has 1 fully saturated rings. The van der Waals surface area contributed by atoms with Gasteiger partial charge in [-0.3, -0.25) is 4.79 Å². The highest BCUT2D eigenvalue weighted by Crippen LogP contribution is 2.19. The number of nitrogens with zero attached hydrogens (tertiary/aromatic N) is 1. The van der Waals surface area contributed by atoms with E-state index in [0.717, 1.165) is 25.6 Å². The fourth-order valence-electron chi connectivity index (χ4n) is 2.25. The first kappa shape index (κ1) is 13.5. The number of hydrogen-bond donors (Lipinski definition) is 1. The summed E-state index contributed by atoms with van der Waals surface area (Å²) in [4.78, 5) is 14.0. The van der Waals surface area contributed by atoms with Gasteiger partial charge in [-0.05, 0) is 18.8 Å². The Kier molecular flexibility index (Phi) is 5.81. The molecule has 0 aromatic carbocycles. The van der Waals surface area contributed by atoms with Crippen molar-refractivity contribution in [2.24, 2.45) is 5.92 Å². The van der Waals surface area contributed by atoms with Crippen molar-refractivity contribution < 1.29 is 4.79 Å². The van der Waals surface area contributed by atoms with E-state index < -0.39 is 0 Å². The summed E-state index contributed by atoms with van der Waals surface area (Å²) in [6.07, 6.45) is 4.33. The summed E-state index contributed by atoms with van der Waals surface area (Å²) in [5.41, 5.74) is 0. The molecule has 1 aliphatic rings. The molecule has 0 aromatic rings. The second kappa shape index (κ2) is 6.89. The van der Waals surface area contributed by atoms with Gasteiger partial charge in [0.25, 0.3) is 0 Å². The van der Waals surface area contributed by atoms with E-state index in [1.54, 1.807) is 0 Å². The van der Waals surface area contributed by atoms with E-state index in [1.165, 1.54) is 19.3 Å². The van der Waals surface area contributed by atoms with Gasteiger partial charge in [-0.25, -0.2) is 0 Å². The minimum atomic E-state index is 0.325. The van der Waals surface area contributed by atoms with E-state index >= 15 is 0 Å². The highest BCUT2D eigenvalue weighted by molar-refractivity contribution is 5.76. The van der Waals surface area contributed by atoms with Crippen molar-refractivity contribution in [2.75, 3.05) is 19.6 Å². The smallest absolute Gasteiger partial charge is 0.223 e. The van der Waals surface area contributed by atoms with E-state index in [4.69, 9.17) is 0 Å². The second-order valence-electron chi connectivity index (χ2n) is 5.12. The summed E-state index contributed by atoms with van der Waals surface area (Å²) in [6, 6.07) is 0.470. The Hall–Kier alpha value is -0.570. The van der Waals surface area contributed by atoms with Crippen LogP contribution in [0.2, 0.25) is 0 Å². The summed E-state index contributed by atoms with van der Waals surface area (Å²) in [6.45, 7) is 9.20. The predicted octanol–water partition coefficient (Wildman–Crippen LogP) is 2.02. The van der Waals surface area contributed by atoms with Crippen molar-refractivity contribution in [3.63, 3.8) is 0 Å². The first-order valence-electron chi connectivity index (χ1n) is 6.64. The minimum absolute atomic E-state index is 0.325. The quantitative estimate of drug-likeness (QED) is 0.778. The van der Waals surface area contributed by atoms with E-state index in [1.807, 2.05) is 0 Å². The first-order chi connectivity index (χ1) is 7.63. The van der Waals surface area contributed by atoms with Crippen LogP contribution in [-0.2, 0) is 4.79 Å². The van der Waals surface area contributed by atoms with Crippen LogP contribution in [0.4, 0.5) is 0 Å². The molecule has 1 rings (SSSR count). The average molecular weight is 226 g/mol. The topological polar surface area (TPSA) is 32.3 Å². The molecule has 1 heterocycles. The normalized spacial score (nSPS) is 21.5. The maximum absolute atomic E-state index is 11.9. The highest BCUT2D eigenvalue weighted by Gasteiger charge is 2.21. The molecule has 0 spiro atoms. The van der Waals surface area contributed by atoms with Crippen molar-refractivity contribution in [3.8, 4) is 0 Å². The molecule has 0 aliphatic carbocycles. The molecule has 0 bridgehead atoms. The van der Waals surface area contributed by atoms with E-state index in [0.29, 0.717) is 18.4 Å². The van der Waals surface area contributed by atoms with Crippen molar-refractivity contribution in [3.05, 3.63) is 0 Å². The van der Waals surface area contributed by atoms with Crippen molar-refractivity contribution in [1.82, 2.24) is 10.2 Å². The molecule has 1 unspecified atom stereocenters. The monoisotopic (exact) mass is 226 g/mol. The molecular weight excluding hydrogens is 200 g/mol. The predicted molar refractivity (Wildman–Crippen MR) is 67.4 cm³/mol. The van der Waals surface area contributed by atoms with Gasteiger partial charge in [0.1, 0.15) is 0 Å². The maximum Gasteiger partial charge on any atom is 0.223 e. The average Bonchev–Trinajstić information content (AvgIpc) is 2.28. The number of amides is 1. The zero-order chi connectivity index (χ0) is 12.0. The van der Waals surface area contributed by atoms with E-state index in [2.05, 4.69) is 31.0 Å². The van der Waals surface area contributed by atoms with Crippen LogP contribution >= 0.6 is 0 Å². The third-order valence-corrected chi connectivity index (χ3v) is 3.34. The molecule has 0 aromatic heterocycles. The fourth-order valence-corrected chi connectivity index (χ4v) is 2.25.